The highest BCUT2D eigenvalue weighted by Gasteiger charge is 2.29. The Bertz CT molecular complexity index is 352. The monoisotopic (exact) mass is 291 g/mol. The van der Waals surface area contributed by atoms with Crippen molar-refractivity contribution in [2.45, 2.75) is 70.1 Å². The van der Waals surface area contributed by atoms with Gasteiger partial charge in [0.05, 0.1) is 6.04 Å². The number of carbonyl (C=O) groups is 1. The molecular weight excluding hydrogens is 269 g/mol. The summed E-state index contributed by atoms with van der Waals surface area (Å²) in [7, 11) is 0. The van der Waals surface area contributed by atoms with Crippen LogP contribution in [-0.2, 0) is 4.74 Å². The van der Waals surface area contributed by atoms with Crippen molar-refractivity contribution in [2.75, 3.05) is 0 Å². The lowest BCUT2D eigenvalue weighted by Gasteiger charge is -2.29. The molecule has 2 unspecified atom stereocenters. The molecule has 0 saturated carbocycles. The number of alkyl carbamates (subject to hydrolysis) is 1. The van der Waals surface area contributed by atoms with Gasteiger partial charge in [0.25, 0.3) is 0 Å². The first-order chi connectivity index (χ1) is 8.73. The van der Waals surface area contributed by atoms with Crippen LogP contribution in [0.15, 0.2) is 11.6 Å². The topological polar surface area (TPSA) is 38.3 Å². The van der Waals surface area contributed by atoms with Crippen LogP contribution in [0.25, 0.3) is 0 Å². The van der Waals surface area contributed by atoms with Crippen molar-refractivity contribution in [1.29, 1.82) is 0 Å². The maximum absolute atomic E-state index is 14.0. The number of nitrogens with one attached hydrogen (secondary N) is 1. The zero-order chi connectivity index (χ0) is 14.6. The minimum Gasteiger partial charge on any atom is -0.444 e. The number of ether oxygens (including phenoxy) is 1. The van der Waals surface area contributed by atoms with Crippen LogP contribution in [0.2, 0.25) is 0 Å². The van der Waals surface area contributed by atoms with Crippen molar-refractivity contribution >= 4 is 17.7 Å². The molecule has 3 atom stereocenters. The minimum atomic E-state index is -1.09. The quantitative estimate of drug-likeness (QED) is 0.631. The molecule has 1 rings (SSSR count). The van der Waals surface area contributed by atoms with Crippen LogP contribution in [0.5, 0.6) is 0 Å². The Balaban J connectivity index is 2.66. The molecule has 0 aromatic rings. The number of alkyl halides is 2. The molecule has 0 aliphatic heterocycles. The van der Waals surface area contributed by atoms with Crippen molar-refractivity contribution in [3.8, 4) is 0 Å². The Kier molecular flexibility index (Phi) is 5.65. The molecular formula is C14H23ClFNO2. The molecule has 1 amide bonds. The van der Waals surface area contributed by atoms with Crippen molar-refractivity contribution in [3.63, 3.8) is 0 Å². The van der Waals surface area contributed by atoms with Crippen LogP contribution >= 0.6 is 11.6 Å². The second-order valence-electron chi connectivity index (χ2n) is 5.85. The van der Waals surface area contributed by atoms with Crippen molar-refractivity contribution in [2.24, 2.45) is 0 Å². The number of hydrogen-bond donors (Lipinski definition) is 1. The Morgan fingerprint density at radius 1 is 1.63 bits per heavy atom. The van der Waals surface area contributed by atoms with Crippen LogP contribution in [-0.4, -0.2) is 29.3 Å². The summed E-state index contributed by atoms with van der Waals surface area (Å²) >= 11 is 5.92. The highest BCUT2D eigenvalue weighted by molar-refractivity contribution is 6.20. The summed E-state index contributed by atoms with van der Waals surface area (Å²) < 4.78 is 19.2. The van der Waals surface area contributed by atoms with Crippen LogP contribution in [0, 0.1) is 0 Å². The van der Waals surface area contributed by atoms with E-state index in [1.807, 2.05) is 6.92 Å². The SMILES string of the molecule is CC[C@@H](NC(=O)OC(C)(C)C)C1=CCC(Cl)CC1F. The van der Waals surface area contributed by atoms with E-state index in [9.17, 15) is 9.18 Å². The molecule has 1 aliphatic rings. The van der Waals surface area contributed by atoms with E-state index in [4.69, 9.17) is 16.3 Å². The molecule has 0 heterocycles. The van der Waals surface area contributed by atoms with Gasteiger partial charge in [-0.15, -0.1) is 11.6 Å². The highest BCUT2D eigenvalue weighted by atomic mass is 35.5. The largest absolute Gasteiger partial charge is 0.444 e. The summed E-state index contributed by atoms with van der Waals surface area (Å²) in [6.45, 7) is 7.29. The van der Waals surface area contributed by atoms with E-state index in [0.717, 1.165) is 0 Å². The van der Waals surface area contributed by atoms with Gasteiger partial charge in [-0.05, 0) is 45.6 Å². The van der Waals surface area contributed by atoms with E-state index in [1.54, 1.807) is 26.8 Å². The van der Waals surface area contributed by atoms with E-state index in [1.165, 1.54) is 0 Å². The van der Waals surface area contributed by atoms with Crippen molar-refractivity contribution < 1.29 is 13.9 Å². The normalized spacial score (nSPS) is 25.5. The van der Waals surface area contributed by atoms with E-state index in [-0.39, 0.29) is 11.4 Å². The average molecular weight is 292 g/mol. The molecule has 3 nitrogen and oxygen atoms in total. The lowest BCUT2D eigenvalue weighted by Crippen LogP contribution is -2.42. The molecule has 0 bridgehead atoms. The Morgan fingerprint density at radius 3 is 2.74 bits per heavy atom. The second kappa shape index (κ2) is 6.60. The van der Waals surface area contributed by atoms with Gasteiger partial charge in [-0.25, -0.2) is 9.18 Å². The maximum atomic E-state index is 14.0. The smallest absolute Gasteiger partial charge is 0.408 e. The number of hydrogen-bond acceptors (Lipinski definition) is 2. The first-order valence-corrected chi connectivity index (χ1v) is 7.14. The fourth-order valence-corrected chi connectivity index (χ4v) is 2.33. The number of halogens is 2. The van der Waals surface area contributed by atoms with Gasteiger partial charge in [-0.3, -0.25) is 0 Å². The average Bonchev–Trinajstić information content (AvgIpc) is 2.24. The summed E-state index contributed by atoms with van der Waals surface area (Å²) in [5, 5.41) is 2.57. The summed E-state index contributed by atoms with van der Waals surface area (Å²) in [6, 6.07) is -0.325. The number of amides is 1. The van der Waals surface area contributed by atoms with Crippen LogP contribution < -0.4 is 5.32 Å². The van der Waals surface area contributed by atoms with E-state index < -0.39 is 17.9 Å². The van der Waals surface area contributed by atoms with Crippen molar-refractivity contribution in [3.05, 3.63) is 11.6 Å². The predicted molar refractivity (Wildman–Crippen MR) is 75.3 cm³/mol. The first-order valence-electron chi connectivity index (χ1n) is 6.70. The number of carbonyl (C=O) groups excluding carboxylic acids is 1. The molecule has 1 N–H and O–H groups in total. The van der Waals surface area contributed by atoms with Gasteiger partial charge in [0.1, 0.15) is 11.8 Å². The fourth-order valence-electron chi connectivity index (χ4n) is 2.08. The fraction of sp³-hybridized carbons (Fsp3) is 0.786. The Hall–Kier alpha value is -0.770. The Labute approximate surface area is 119 Å². The zero-order valence-corrected chi connectivity index (χ0v) is 12.8. The van der Waals surface area contributed by atoms with E-state index in [2.05, 4.69) is 5.32 Å². The third kappa shape index (κ3) is 5.39. The second-order valence-corrected chi connectivity index (χ2v) is 6.46. The van der Waals surface area contributed by atoms with Gasteiger partial charge >= 0.3 is 6.09 Å². The van der Waals surface area contributed by atoms with Gasteiger partial charge < -0.3 is 10.1 Å². The molecule has 0 radical (unpaired) electrons. The molecule has 5 heteroatoms. The summed E-state index contributed by atoms with van der Waals surface area (Å²) in [5.74, 6) is 0. The molecule has 0 fully saturated rings. The molecule has 1 aliphatic carbocycles. The van der Waals surface area contributed by atoms with Gasteiger partial charge in [0, 0.05) is 5.38 Å². The molecule has 0 aromatic carbocycles. The van der Waals surface area contributed by atoms with Gasteiger partial charge in [-0.1, -0.05) is 13.0 Å². The van der Waals surface area contributed by atoms with Gasteiger partial charge in [0.2, 0.25) is 0 Å². The number of allylic oxidation sites excluding steroid dienone is 1. The van der Waals surface area contributed by atoms with Crippen LogP contribution in [0.3, 0.4) is 0 Å². The van der Waals surface area contributed by atoms with Gasteiger partial charge in [-0.2, -0.15) is 0 Å². The lowest BCUT2D eigenvalue weighted by molar-refractivity contribution is 0.0507. The minimum absolute atomic E-state index is 0.155. The molecule has 0 aromatic heterocycles. The third-order valence-electron chi connectivity index (χ3n) is 2.94. The standard InChI is InChI=1S/C14H23ClFNO2/c1-5-12(17-13(18)19-14(2,3)4)10-7-6-9(15)8-11(10)16/h7,9,11-12H,5-6,8H2,1-4H3,(H,17,18)/t9?,11?,12-/m1/s1. The molecule has 19 heavy (non-hydrogen) atoms. The van der Waals surface area contributed by atoms with E-state index in [0.29, 0.717) is 24.8 Å². The maximum Gasteiger partial charge on any atom is 0.408 e. The number of rotatable bonds is 3. The summed E-state index contributed by atoms with van der Waals surface area (Å²) in [5.41, 5.74) is 0.0601. The van der Waals surface area contributed by atoms with Crippen LogP contribution in [0.4, 0.5) is 9.18 Å². The summed E-state index contributed by atoms with van der Waals surface area (Å²) in [4.78, 5) is 11.7. The summed E-state index contributed by atoms with van der Waals surface area (Å²) in [6.07, 6.45) is 1.77. The molecule has 0 saturated heterocycles. The highest BCUT2D eigenvalue weighted by Crippen LogP contribution is 2.28. The van der Waals surface area contributed by atoms with Crippen LogP contribution in [0.1, 0.15) is 47.0 Å². The van der Waals surface area contributed by atoms with Crippen molar-refractivity contribution in [1.82, 2.24) is 5.32 Å². The van der Waals surface area contributed by atoms with E-state index >= 15 is 0 Å². The Morgan fingerprint density at radius 2 is 2.26 bits per heavy atom. The first kappa shape index (κ1) is 16.3. The molecule has 110 valence electrons. The predicted octanol–water partition coefficient (Wildman–Crippen LogP) is 3.96. The third-order valence-corrected chi connectivity index (χ3v) is 3.29. The zero-order valence-electron chi connectivity index (χ0n) is 12.0. The van der Waals surface area contributed by atoms with Gasteiger partial charge in [0.15, 0.2) is 0 Å². The lowest BCUT2D eigenvalue weighted by atomic mass is 9.90. The molecule has 0 spiro atoms.